The van der Waals surface area contributed by atoms with E-state index >= 15 is 0 Å². The normalized spacial score (nSPS) is 14.0. The first-order valence-corrected chi connectivity index (χ1v) is 8.95. The Bertz CT molecular complexity index is 1050. The van der Waals surface area contributed by atoms with Crippen molar-refractivity contribution in [1.29, 1.82) is 0 Å². The fourth-order valence-corrected chi connectivity index (χ4v) is 3.72. The predicted molar refractivity (Wildman–Crippen MR) is 102 cm³/mol. The monoisotopic (exact) mass is 349 g/mol. The van der Waals surface area contributed by atoms with Gasteiger partial charge in [0.05, 0.1) is 6.20 Å². The van der Waals surface area contributed by atoms with Gasteiger partial charge in [-0.25, -0.2) is 4.98 Å². The SMILES string of the molecule is Cc1cc2c(C)nc(NC(=O)C3CC3)c(C)c2c(C)c1-c1cn(C)nn1. The third-order valence-electron chi connectivity index (χ3n) is 5.22. The van der Waals surface area contributed by atoms with Crippen LogP contribution in [0.2, 0.25) is 0 Å². The van der Waals surface area contributed by atoms with Crippen molar-refractivity contribution in [2.45, 2.75) is 40.5 Å². The predicted octanol–water partition coefficient (Wildman–Crippen LogP) is 3.61. The molecule has 1 amide bonds. The summed E-state index contributed by atoms with van der Waals surface area (Å²) in [5.74, 6) is 0.906. The molecule has 1 fully saturated rings. The van der Waals surface area contributed by atoms with E-state index in [-0.39, 0.29) is 11.8 Å². The summed E-state index contributed by atoms with van der Waals surface area (Å²) < 4.78 is 1.71. The molecule has 1 aliphatic rings. The molecule has 1 aromatic carbocycles. The highest BCUT2D eigenvalue weighted by Gasteiger charge is 2.30. The van der Waals surface area contributed by atoms with Gasteiger partial charge in [-0.2, -0.15) is 0 Å². The number of nitrogens with one attached hydrogen (secondary N) is 1. The van der Waals surface area contributed by atoms with Crippen LogP contribution in [-0.4, -0.2) is 25.9 Å². The molecule has 6 heteroatoms. The quantitative estimate of drug-likeness (QED) is 0.784. The van der Waals surface area contributed by atoms with Crippen LogP contribution in [-0.2, 0) is 11.8 Å². The van der Waals surface area contributed by atoms with E-state index in [2.05, 4.69) is 40.5 Å². The van der Waals surface area contributed by atoms with Crippen molar-refractivity contribution in [1.82, 2.24) is 20.0 Å². The maximum atomic E-state index is 12.2. The molecule has 6 nitrogen and oxygen atoms in total. The maximum absolute atomic E-state index is 12.2. The number of nitrogens with zero attached hydrogens (tertiary/aromatic N) is 4. The summed E-state index contributed by atoms with van der Waals surface area (Å²) in [5, 5.41) is 13.7. The summed E-state index contributed by atoms with van der Waals surface area (Å²) in [4.78, 5) is 16.9. The molecule has 2 heterocycles. The minimum Gasteiger partial charge on any atom is -0.310 e. The van der Waals surface area contributed by atoms with E-state index in [1.54, 1.807) is 4.68 Å². The first kappa shape index (κ1) is 16.7. The lowest BCUT2D eigenvalue weighted by Crippen LogP contribution is -2.16. The van der Waals surface area contributed by atoms with Gasteiger partial charge in [0.1, 0.15) is 11.5 Å². The Morgan fingerprint density at radius 1 is 1.19 bits per heavy atom. The van der Waals surface area contributed by atoms with Gasteiger partial charge in [-0.3, -0.25) is 9.48 Å². The van der Waals surface area contributed by atoms with Gasteiger partial charge in [0.15, 0.2) is 0 Å². The van der Waals surface area contributed by atoms with Crippen molar-refractivity contribution in [2.24, 2.45) is 13.0 Å². The van der Waals surface area contributed by atoms with Crippen LogP contribution in [0.4, 0.5) is 5.82 Å². The van der Waals surface area contributed by atoms with E-state index in [1.165, 1.54) is 0 Å². The third kappa shape index (κ3) is 2.66. The van der Waals surface area contributed by atoms with Crippen LogP contribution in [0.1, 0.15) is 35.2 Å². The van der Waals surface area contributed by atoms with Crippen molar-refractivity contribution in [3.8, 4) is 11.3 Å². The average molecular weight is 349 g/mol. The number of rotatable bonds is 3. The topological polar surface area (TPSA) is 72.7 Å². The van der Waals surface area contributed by atoms with Crippen molar-refractivity contribution < 1.29 is 4.79 Å². The summed E-state index contributed by atoms with van der Waals surface area (Å²) in [6.07, 6.45) is 3.89. The van der Waals surface area contributed by atoms with Crippen LogP contribution < -0.4 is 5.32 Å². The Balaban J connectivity index is 1.93. The zero-order valence-corrected chi connectivity index (χ0v) is 15.8. The molecule has 0 bridgehead atoms. The second kappa shape index (κ2) is 5.90. The Morgan fingerprint density at radius 3 is 2.54 bits per heavy atom. The molecule has 2 aromatic heterocycles. The van der Waals surface area contributed by atoms with Crippen molar-refractivity contribution in [3.63, 3.8) is 0 Å². The zero-order chi connectivity index (χ0) is 18.6. The summed E-state index contributed by atoms with van der Waals surface area (Å²) >= 11 is 0. The van der Waals surface area contributed by atoms with E-state index in [9.17, 15) is 4.79 Å². The average Bonchev–Trinajstić information content (AvgIpc) is 3.35. The van der Waals surface area contributed by atoms with Gasteiger partial charge < -0.3 is 5.32 Å². The van der Waals surface area contributed by atoms with Crippen molar-refractivity contribution in [3.05, 3.63) is 34.6 Å². The molecule has 1 aliphatic carbocycles. The van der Waals surface area contributed by atoms with Crippen LogP contribution in [0.15, 0.2) is 12.3 Å². The number of carbonyl (C=O) groups excluding carboxylic acids is 1. The molecule has 0 aliphatic heterocycles. The number of hydrogen-bond donors (Lipinski definition) is 1. The molecule has 0 unspecified atom stereocenters. The third-order valence-corrected chi connectivity index (χ3v) is 5.22. The maximum Gasteiger partial charge on any atom is 0.228 e. The number of aryl methyl sites for hydroxylation is 5. The number of carbonyl (C=O) groups is 1. The first-order valence-electron chi connectivity index (χ1n) is 8.95. The Morgan fingerprint density at radius 2 is 1.92 bits per heavy atom. The molecule has 3 aromatic rings. The Labute approximate surface area is 152 Å². The largest absolute Gasteiger partial charge is 0.310 e. The molecule has 134 valence electrons. The number of pyridine rings is 1. The second-order valence-corrected chi connectivity index (χ2v) is 7.33. The van der Waals surface area contributed by atoms with Crippen LogP contribution in [0.25, 0.3) is 22.0 Å². The lowest BCUT2D eigenvalue weighted by molar-refractivity contribution is -0.117. The van der Waals surface area contributed by atoms with E-state index in [0.717, 1.165) is 57.3 Å². The van der Waals surface area contributed by atoms with E-state index < -0.39 is 0 Å². The van der Waals surface area contributed by atoms with Gasteiger partial charge in [0, 0.05) is 29.6 Å². The van der Waals surface area contributed by atoms with Crippen LogP contribution in [0.5, 0.6) is 0 Å². The lowest BCUT2D eigenvalue weighted by atomic mass is 9.91. The van der Waals surface area contributed by atoms with Crippen molar-refractivity contribution in [2.75, 3.05) is 5.32 Å². The van der Waals surface area contributed by atoms with Crippen LogP contribution in [0, 0.1) is 33.6 Å². The van der Waals surface area contributed by atoms with Gasteiger partial charge in [0.2, 0.25) is 5.91 Å². The van der Waals surface area contributed by atoms with Gasteiger partial charge in [0.25, 0.3) is 0 Å². The minimum atomic E-state index is 0.0817. The Hall–Kier alpha value is -2.76. The highest BCUT2D eigenvalue weighted by atomic mass is 16.2. The minimum absolute atomic E-state index is 0.0817. The molecule has 26 heavy (non-hydrogen) atoms. The molecule has 0 saturated heterocycles. The molecular formula is C20H23N5O. The summed E-state index contributed by atoms with van der Waals surface area (Å²) in [6, 6.07) is 2.16. The lowest BCUT2D eigenvalue weighted by Gasteiger charge is -2.17. The zero-order valence-electron chi connectivity index (χ0n) is 15.8. The Kier molecular flexibility index (Phi) is 3.79. The van der Waals surface area contributed by atoms with E-state index in [4.69, 9.17) is 0 Å². The second-order valence-electron chi connectivity index (χ2n) is 7.33. The molecule has 1 saturated carbocycles. The highest BCUT2D eigenvalue weighted by molar-refractivity contribution is 6.01. The molecule has 0 spiro atoms. The molecule has 0 radical (unpaired) electrons. The molecule has 1 N–H and O–H groups in total. The smallest absolute Gasteiger partial charge is 0.228 e. The first-order chi connectivity index (χ1) is 12.4. The number of amides is 1. The van der Waals surface area contributed by atoms with Gasteiger partial charge in [-0.05, 0) is 68.7 Å². The summed E-state index contributed by atoms with van der Waals surface area (Å²) in [5.41, 5.74) is 6.18. The summed E-state index contributed by atoms with van der Waals surface area (Å²) in [7, 11) is 1.87. The molecule has 4 rings (SSSR count). The number of anilines is 1. The number of benzene rings is 1. The number of hydrogen-bond acceptors (Lipinski definition) is 4. The van der Waals surface area contributed by atoms with Crippen molar-refractivity contribution >= 4 is 22.5 Å². The van der Waals surface area contributed by atoms with E-state index in [1.807, 2.05) is 27.1 Å². The fourth-order valence-electron chi connectivity index (χ4n) is 3.72. The van der Waals surface area contributed by atoms with Gasteiger partial charge in [-0.1, -0.05) is 5.21 Å². The standard InChI is InChI=1S/C20H23N5O/c1-10-8-15-13(4)21-19(22-20(26)14-6-7-14)12(3)18(15)11(2)17(10)16-9-25(5)24-23-16/h8-9,14H,6-7H2,1-5H3,(H,21,22,26). The number of aromatic nitrogens is 4. The summed E-state index contributed by atoms with van der Waals surface area (Å²) in [6.45, 7) is 8.22. The fraction of sp³-hybridized carbons (Fsp3) is 0.400. The van der Waals surface area contributed by atoms with Gasteiger partial charge in [-0.15, -0.1) is 5.10 Å². The molecular weight excluding hydrogens is 326 g/mol. The number of fused-ring (bicyclic) bond motifs is 1. The van der Waals surface area contributed by atoms with Crippen LogP contribution >= 0.6 is 0 Å². The van der Waals surface area contributed by atoms with Gasteiger partial charge >= 0.3 is 0 Å². The molecule has 0 atom stereocenters. The van der Waals surface area contributed by atoms with Crippen LogP contribution in [0.3, 0.4) is 0 Å². The van der Waals surface area contributed by atoms with E-state index in [0.29, 0.717) is 5.82 Å². The highest BCUT2D eigenvalue weighted by Crippen LogP contribution is 2.37.